The zero-order valence-corrected chi connectivity index (χ0v) is 7.55. The maximum absolute atomic E-state index is 10.9. The Hall–Kier alpha value is -0.610. The molecule has 0 fully saturated rings. The SMILES string of the molecule is C[C@@H](N)C(=O)NCCCCCO. The van der Waals surface area contributed by atoms with Crippen molar-refractivity contribution in [3.63, 3.8) is 0 Å². The van der Waals surface area contributed by atoms with Crippen LogP contribution in [0.1, 0.15) is 26.2 Å². The lowest BCUT2D eigenvalue weighted by Crippen LogP contribution is -2.38. The van der Waals surface area contributed by atoms with Crippen molar-refractivity contribution in [2.45, 2.75) is 32.2 Å². The number of hydrogen-bond donors (Lipinski definition) is 3. The molecule has 0 aliphatic carbocycles. The summed E-state index contributed by atoms with van der Waals surface area (Å²) in [7, 11) is 0. The molecule has 0 aromatic rings. The number of hydrogen-bond acceptors (Lipinski definition) is 3. The van der Waals surface area contributed by atoms with Crippen LogP contribution in [0, 0.1) is 0 Å². The van der Waals surface area contributed by atoms with Crippen molar-refractivity contribution in [3.8, 4) is 0 Å². The number of carbonyl (C=O) groups is 1. The maximum Gasteiger partial charge on any atom is 0.236 e. The molecule has 4 heteroatoms. The number of carbonyl (C=O) groups excluding carboxylic acids is 1. The molecule has 1 atom stereocenters. The number of aliphatic hydroxyl groups is 1. The molecule has 0 bridgehead atoms. The number of rotatable bonds is 6. The van der Waals surface area contributed by atoms with Crippen LogP contribution in [0.2, 0.25) is 0 Å². The summed E-state index contributed by atoms with van der Waals surface area (Å²) in [5.41, 5.74) is 5.32. The van der Waals surface area contributed by atoms with Gasteiger partial charge in [-0.2, -0.15) is 0 Å². The largest absolute Gasteiger partial charge is 0.396 e. The van der Waals surface area contributed by atoms with Crippen LogP contribution in [0.15, 0.2) is 0 Å². The van der Waals surface area contributed by atoms with E-state index in [1.54, 1.807) is 6.92 Å². The summed E-state index contributed by atoms with van der Waals surface area (Å²) >= 11 is 0. The summed E-state index contributed by atoms with van der Waals surface area (Å²) in [5, 5.41) is 11.2. The van der Waals surface area contributed by atoms with Crippen molar-refractivity contribution in [2.75, 3.05) is 13.2 Å². The standard InChI is InChI=1S/C8H18N2O2/c1-7(9)8(12)10-5-3-2-4-6-11/h7,11H,2-6,9H2,1H3,(H,10,12)/t7-/m1/s1. The summed E-state index contributed by atoms with van der Waals surface area (Å²) in [5.74, 6) is -0.112. The third kappa shape index (κ3) is 6.12. The molecule has 0 aliphatic heterocycles. The van der Waals surface area contributed by atoms with E-state index >= 15 is 0 Å². The second kappa shape index (κ2) is 7.06. The quantitative estimate of drug-likeness (QED) is 0.480. The summed E-state index contributed by atoms with van der Waals surface area (Å²) in [6.45, 7) is 2.53. The van der Waals surface area contributed by atoms with Gasteiger partial charge in [-0.05, 0) is 26.2 Å². The predicted molar refractivity (Wildman–Crippen MR) is 47.6 cm³/mol. The van der Waals surface area contributed by atoms with Gasteiger partial charge in [0.15, 0.2) is 0 Å². The topological polar surface area (TPSA) is 75.4 Å². The smallest absolute Gasteiger partial charge is 0.236 e. The fourth-order valence-corrected chi connectivity index (χ4v) is 0.786. The summed E-state index contributed by atoms with van der Waals surface area (Å²) in [6, 6.07) is -0.428. The lowest BCUT2D eigenvalue weighted by molar-refractivity contribution is -0.121. The van der Waals surface area contributed by atoms with Crippen molar-refractivity contribution in [3.05, 3.63) is 0 Å². The summed E-state index contributed by atoms with van der Waals surface area (Å²) in [4.78, 5) is 10.9. The van der Waals surface area contributed by atoms with Crippen LogP contribution in [-0.4, -0.2) is 30.2 Å². The Kier molecular flexibility index (Phi) is 6.70. The molecule has 0 radical (unpaired) electrons. The van der Waals surface area contributed by atoms with Gasteiger partial charge in [0.2, 0.25) is 5.91 Å². The summed E-state index contributed by atoms with van der Waals surface area (Å²) < 4.78 is 0. The molecular weight excluding hydrogens is 156 g/mol. The van der Waals surface area contributed by atoms with Crippen LogP contribution in [-0.2, 0) is 4.79 Å². The van der Waals surface area contributed by atoms with E-state index in [1.165, 1.54) is 0 Å². The minimum Gasteiger partial charge on any atom is -0.396 e. The Labute approximate surface area is 73.1 Å². The molecular formula is C8H18N2O2. The van der Waals surface area contributed by atoms with Crippen LogP contribution < -0.4 is 11.1 Å². The van der Waals surface area contributed by atoms with E-state index < -0.39 is 6.04 Å². The molecule has 72 valence electrons. The second-order valence-electron chi connectivity index (χ2n) is 2.86. The fourth-order valence-electron chi connectivity index (χ4n) is 0.786. The lowest BCUT2D eigenvalue weighted by Gasteiger charge is -2.06. The zero-order chi connectivity index (χ0) is 9.40. The van der Waals surface area contributed by atoms with Gasteiger partial charge < -0.3 is 16.2 Å². The molecule has 12 heavy (non-hydrogen) atoms. The molecule has 0 aromatic carbocycles. The minimum absolute atomic E-state index is 0.112. The third-order valence-corrected chi connectivity index (χ3v) is 1.55. The molecule has 4 nitrogen and oxygen atoms in total. The van der Waals surface area contributed by atoms with E-state index in [9.17, 15) is 4.79 Å². The lowest BCUT2D eigenvalue weighted by atomic mass is 10.2. The molecule has 0 aliphatic rings. The molecule has 0 spiro atoms. The highest BCUT2D eigenvalue weighted by Crippen LogP contribution is 1.91. The molecule has 0 rings (SSSR count). The van der Waals surface area contributed by atoms with E-state index in [4.69, 9.17) is 10.8 Å². The normalized spacial score (nSPS) is 12.6. The van der Waals surface area contributed by atoms with Gasteiger partial charge >= 0.3 is 0 Å². The Morgan fingerprint density at radius 2 is 2.17 bits per heavy atom. The first-order valence-electron chi connectivity index (χ1n) is 4.32. The number of unbranched alkanes of at least 4 members (excludes halogenated alkanes) is 2. The Morgan fingerprint density at radius 3 is 2.67 bits per heavy atom. The van der Waals surface area contributed by atoms with Crippen LogP contribution in [0.4, 0.5) is 0 Å². The van der Waals surface area contributed by atoms with E-state index in [0.29, 0.717) is 6.54 Å². The van der Waals surface area contributed by atoms with E-state index in [2.05, 4.69) is 5.32 Å². The molecule has 0 unspecified atom stereocenters. The first-order chi connectivity index (χ1) is 5.68. The van der Waals surface area contributed by atoms with E-state index in [0.717, 1.165) is 19.3 Å². The maximum atomic E-state index is 10.9. The molecule has 0 saturated heterocycles. The van der Waals surface area contributed by atoms with Gasteiger partial charge in [-0.15, -0.1) is 0 Å². The zero-order valence-electron chi connectivity index (χ0n) is 7.55. The first-order valence-corrected chi connectivity index (χ1v) is 4.32. The Bertz CT molecular complexity index is 126. The molecule has 0 saturated carbocycles. The first kappa shape index (κ1) is 11.4. The highest BCUT2D eigenvalue weighted by atomic mass is 16.2. The monoisotopic (exact) mass is 174 g/mol. The highest BCUT2D eigenvalue weighted by molar-refractivity contribution is 5.80. The molecule has 1 amide bonds. The number of aliphatic hydroxyl groups excluding tert-OH is 1. The molecule has 0 aromatic heterocycles. The van der Waals surface area contributed by atoms with Gasteiger partial charge in [-0.25, -0.2) is 0 Å². The van der Waals surface area contributed by atoms with E-state index in [-0.39, 0.29) is 12.5 Å². The Morgan fingerprint density at radius 1 is 1.50 bits per heavy atom. The van der Waals surface area contributed by atoms with Gasteiger partial charge in [-0.3, -0.25) is 4.79 Å². The van der Waals surface area contributed by atoms with Gasteiger partial charge in [-0.1, -0.05) is 0 Å². The van der Waals surface area contributed by atoms with Crippen molar-refractivity contribution in [2.24, 2.45) is 5.73 Å². The molecule has 0 heterocycles. The molecule has 4 N–H and O–H groups in total. The van der Waals surface area contributed by atoms with Crippen LogP contribution in [0.5, 0.6) is 0 Å². The Balaban J connectivity index is 3.14. The van der Waals surface area contributed by atoms with Gasteiger partial charge in [0, 0.05) is 13.2 Å². The average Bonchev–Trinajstić information content (AvgIpc) is 2.03. The van der Waals surface area contributed by atoms with Crippen molar-refractivity contribution >= 4 is 5.91 Å². The fraction of sp³-hybridized carbons (Fsp3) is 0.875. The summed E-state index contributed by atoms with van der Waals surface area (Å²) in [6.07, 6.45) is 2.64. The highest BCUT2D eigenvalue weighted by Gasteiger charge is 2.04. The van der Waals surface area contributed by atoms with Crippen LogP contribution in [0.25, 0.3) is 0 Å². The number of nitrogens with one attached hydrogen (secondary N) is 1. The van der Waals surface area contributed by atoms with Crippen LogP contribution in [0.3, 0.4) is 0 Å². The van der Waals surface area contributed by atoms with Crippen molar-refractivity contribution < 1.29 is 9.90 Å². The predicted octanol–water partition coefficient (Wildman–Crippen LogP) is -0.388. The van der Waals surface area contributed by atoms with Crippen molar-refractivity contribution in [1.82, 2.24) is 5.32 Å². The number of nitrogens with two attached hydrogens (primary N) is 1. The van der Waals surface area contributed by atoms with Crippen molar-refractivity contribution in [1.29, 1.82) is 0 Å². The average molecular weight is 174 g/mol. The third-order valence-electron chi connectivity index (χ3n) is 1.55. The van der Waals surface area contributed by atoms with Gasteiger partial charge in [0.1, 0.15) is 0 Å². The van der Waals surface area contributed by atoms with Gasteiger partial charge in [0.05, 0.1) is 6.04 Å². The second-order valence-corrected chi connectivity index (χ2v) is 2.86. The minimum atomic E-state index is -0.428. The van der Waals surface area contributed by atoms with E-state index in [1.807, 2.05) is 0 Å². The number of amides is 1. The van der Waals surface area contributed by atoms with Gasteiger partial charge in [0.25, 0.3) is 0 Å². The van der Waals surface area contributed by atoms with Crippen LogP contribution >= 0.6 is 0 Å².